The number of aliphatic hydroxyl groups excluding tert-OH is 1. The molecule has 1 amide bonds. The summed E-state index contributed by atoms with van der Waals surface area (Å²) in [6.07, 6.45) is -10.00. The van der Waals surface area contributed by atoms with Crippen molar-refractivity contribution in [3.05, 3.63) is 70.5 Å². The Morgan fingerprint density at radius 3 is 2.10 bits per heavy atom. The van der Waals surface area contributed by atoms with Crippen molar-refractivity contribution in [1.82, 2.24) is 9.80 Å². The highest BCUT2D eigenvalue weighted by Gasteiger charge is 2.48. The number of amides is 1. The fourth-order valence-electron chi connectivity index (χ4n) is 6.61. The molecule has 12 heteroatoms. The lowest BCUT2D eigenvalue weighted by molar-refractivity contribution is -0.143. The van der Waals surface area contributed by atoms with Crippen molar-refractivity contribution in [1.29, 1.82) is 0 Å². The Bertz CT molecular complexity index is 1230. The zero-order valence-electron chi connectivity index (χ0n) is 23.0. The number of carbonyl (C=O) groups excluding carboxylic acids is 1. The highest BCUT2D eigenvalue weighted by atomic mass is 19.4. The number of alkyl halides is 6. The molecule has 42 heavy (non-hydrogen) atoms. The zero-order chi connectivity index (χ0) is 30.4. The number of carbonyl (C=O) groups is 1. The number of likely N-dealkylation sites (tertiary alicyclic amines) is 1. The van der Waals surface area contributed by atoms with Crippen LogP contribution in [0.3, 0.4) is 0 Å². The van der Waals surface area contributed by atoms with Crippen LogP contribution in [0.2, 0.25) is 0 Å². The molecule has 2 unspecified atom stereocenters. The van der Waals surface area contributed by atoms with E-state index < -0.39 is 47.6 Å². The first-order valence-corrected chi connectivity index (χ1v) is 14.1. The third-order valence-electron chi connectivity index (χ3n) is 8.83. The number of aliphatic hydroxyl groups is 1. The summed E-state index contributed by atoms with van der Waals surface area (Å²) in [5.41, 5.74) is -2.35. The Morgan fingerprint density at radius 1 is 0.929 bits per heavy atom. The summed E-state index contributed by atoms with van der Waals surface area (Å²) < 4.78 is 101. The molecule has 3 fully saturated rings. The van der Waals surface area contributed by atoms with E-state index in [2.05, 4.69) is 4.90 Å². The van der Waals surface area contributed by atoms with Gasteiger partial charge >= 0.3 is 12.4 Å². The summed E-state index contributed by atoms with van der Waals surface area (Å²) in [6.45, 7) is 3.30. The van der Waals surface area contributed by atoms with E-state index in [0.29, 0.717) is 64.0 Å². The molecule has 0 aliphatic carbocycles. The molecule has 5 atom stereocenters. The molecular formula is C30H33F7N2O3. The molecule has 230 valence electrons. The van der Waals surface area contributed by atoms with Crippen LogP contribution in [-0.2, 0) is 21.9 Å². The van der Waals surface area contributed by atoms with Crippen molar-refractivity contribution in [3.63, 3.8) is 0 Å². The van der Waals surface area contributed by atoms with E-state index in [9.17, 15) is 40.6 Å². The summed E-state index contributed by atoms with van der Waals surface area (Å²) >= 11 is 0. The van der Waals surface area contributed by atoms with E-state index in [1.54, 1.807) is 17.0 Å². The van der Waals surface area contributed by atoms with Crippen LogP contribution in [0, 0.1) is 11.7 Å². The highest BCUT2D eigenvalue weighted by Crippen LogP contribution is 2.45. The maximum Gasteiger partial charge on any atom is 0.416 e. The van der Waals surface area contributed by atoms with Gasteiger partial charge in [-0.25, -0.2) is 4.39 Å². The number of benzene rings is 2. The number of hydrogen-bond donors (Lipinski definition) is 1. The lowest BCUT2D eigenvalue weighted by Gasteiger charge is -2.39. The van der Waals surface area contributed by atoms with Gasteiger partial charge in [0.2, 0.25) is 5.91 Å². The van der Waals surface area contributed by atoms with Crippen molar-refractivity contribution >= 4 is 5.91 Å². The van der Waals surface area contributed by atoms with Gasteiger partial charge in [0.15, 0.2) is 0 Å². The lowest BCUT2D eigenvalue weighted by atomic mass is 9.81. The Hall–Kier alpha value is -2.70. The predicted octanol–water partition coefficient (Wildman–Crippen LogP) is 6.17. The predicted molar refractivity (Wildman–Crippen MR) is 139 cm³/mol. The first kappa shape index (κ1) is 30.7. The van der Waals surface area contributed by atoms with Gasteiger partial charge in [0.1, 0.15) is 5.82 Å². The van der Waals surface area contributed by atoms with Gasteiger partial charge in [-0.05, 0) is 80.6 Å². The first-order valence-electron chi connectivity index (χ1n) is 14.1. The van der Waals surface area contributed by atoms with Crippen LogP contribution in [0.25, 0.3) is 0 Å². The van der Waals surface area contributed by atoms with Gasteiger partial charge in [-0.15, -0.1) is 0 Å². The van der Waals surface area contributed by atoms with Crippen LogP contribution in [0.15, 0.2) is 42.5 Å². The van der Waals surface area contributed by atoms with E-state index in [4.69, 9.17) is 4.74 Å². The SMILES string of the molecule is C[C@@H](OC1CN2CCC(C(=O)N3CCC(O)CC3)C[C@H]2[C@H]1c1ccc(F)cc1)c1cc(C(F)(F)F)cc(C(F)(F)F)c1. The molecule has 0 aromatic heterocycles. The first-order chi connectivity index (χ1) is 19.7. The minimum atomic E-state index is -4.98. The molecule has 3 heterocycles. The molecule has 0 bridgehead atoms. The normalized spacial score (nSPS) is 26.7. The van der Waals surface area contributed by atoms with E-state index >= 15 is 0 Å². The molecule has 3 saturated heterocycles. The fraction of sp³-hybridized carbons (Fsp3) is 0.567. The topological polar surface area (TPSA) is 53.0 Å². The minimum Gasteiger partial charge on any atom is -0.393 e. The van der Waals surface area contributed by atoms with E-state index in [1.165, 1.54) is 19.1 Å². The average molecular weight is 603 g/mol. The summed E-state index contributed by atoms with van der Waals surface area (Å²) in [7, 11) is 0. The number of rotatable bonds is 5. The van der Waals surface area contributed by atoms with Crippen LogP contribution in [-0.4, -0.2) is 65.2 Å². The van der Waals surface area contributed by atoms with Crippen molar-refractivity contribution in [2.24, 2.45) is 5.92 Å². The Morgan fingerprint density at radius 2 is 1.52 bits per heavy atom. The number of halogens is 7. The third-order valence-corrected chi connectivity index (χ3v) is 8.83. The standard InChI is InChI=1S/C30H33F7N2O3/c1-17(20-12-21(29(32,33)34)15-22(13-20)30(35,36)37)42-26-16-39-9-6-19(28(41)38-10-7-24(40)8-11-38)14-25(39)27(26)18-2-4-23(31)5-3-18/h2-5,12-13,15,17,19,24-27,40H,6-11,14,16H2,1H3/t17-,19?,25+,26?,27-/m1/s1. The molecule has 2 aromatic carbocycles. The number of ether oxygens (including phenoxy) is 1. The fourth-order valence-corrected chi connectivity index (χ4v) is 6.61. The second-order valence-corrected chi connectivity index (χ2v) is 11.6. The Balaban J connectivity index is 1.40. The quantitative estimate of drug-likeness (QED) is 0.416. The van der Waals surface area contributed by atoms with Crippen molar-refractivity contribution in [2.45, 2.75) is 75.2 Å². The zero-order valence-corrected chi connectivity index (χ0v) is 23.0. The van der Waals surface area contributed by atoms with Gasteiger partial charge in [-0.2, -0.15) is 26.3 Å². The van der Waals surface area contributed by atoms with Crippen LogP contribution in [0.5, 0.6) is 0 Å². The molecule has 1 N–H and O–H groups in total. The van der Waals surface area contributed by atoms with Gasteiger partial charge in [0.25, 0.3) is 0 Å². The molecule has 0 spiro atoms. The van der Waals surface area contributed by atoms with Crippen LogP contribution >= 0.6 is 0 Å². The Kier molecular flexibility index (Phi) is 8.61. The van der Waals surface area contributed by atoms with Crippen LogP contribution in [0.1, 0.15) is 66.9 Å². The molecule has 3 aliphatic rings. The molecule has 5 nitrogen and oxygen atoms in total. The molecule has 5 rings (SSSR count). The van der Waals surface area contributed by atoms with Crippen LogP contribution in [0.4, 0.5) is 30.7 Å². The molecule has 0 saturated carbocycles. The van der Waals surface area contributed by atoms with Gasteiger partial charge < -0.3 is 14.7 Å². The largest absolute Gasteiger partial charge is 0.416 e. The van der Waals surface area contributed by atoms with Gasteiger partial charge in [0.05, 0.1) is 29.4 Å². The number of fused-ring (bicyclic) bond motifs is 1. The lowest BCUT2D eigenvalue weighted by Crippen LogP contribution is -2.48. The van der Waals surface area contributed by atoms with Gasteiger partial charge in [-0.1, -0.05) is 12.1 Å². The van der Waals surface area contributed by atoms with Crippen LogP contribution < -0.4 is 0 Å². The van der Waals surface area contributed by atoms with Crippen molar-refractivity contribution in [3.8, 4) is 0 Å². The summed E-state index contributed by atoms with van der Waals surface area (Å²) in [6, 6.07) is 7.06. The summed E-state index contributed by atoms with van der Waals surface area (Å²) in [5, 5.41) is 9.82. The Labute approximate surface area is 239 Å². The number of hydrogen-bond acceptors (Lipinski definition) is 4. The third kappa shape index (κ3) is 6.60. The summed E-state index contributed by atoms with van der Waals surface area (Å²) in [5.74, 6) is -1.11. The molecule has 2 aromatic rings. The summed E-state index contributed by atoms with van der Waals surface area (Å²) in [4.78, 5) is 17.3. The van der Waals surface area contributed by atoms with E-state index in [0.717, 1.165) is 5.56 Å². The van der Waals surface area contributed by atoms with E-state index in [1.807, 2.05) is 0 Å². The average Bonchev–Trinajstić information content (AvgIpc) is 3.29. The molecule has 3 aliphatic heterocycles. The molecule has 0 radical (unpaired) electrons. The number of piperidine rings is 2. The highest BCUT2D eigenvalue weighted by molar-refractivity contribution is 5.79. The smallest absolute Gasteiger partial charge is 0.393 e. The van der Waals surface area contributed by atoms with Gasteiger partial charge in [-0.3, -0.25) is 9.69 Å². The maximum atomic E-state index is 13.8. The van der Waals surface area contributed by atoms with Crippen molar-refractivity contribution in [2.75, 3.05) is 26.2 Å². The van der Waals surface area contributed by atoms with Gasteiger partial charge in [0, 0.05) is 37.5 Å². The van der Waals surface area contributed by atoms with E-state index in [-0.39, 0.29) is 35.4 Å². The molecular weight excluding hydrogens is 569 g/mol. The minimum absolute atomic E-state index is 0.0146. The monoisotopic (exact) mass is 602 g/mol. The maximum absolute atomic E-state index is 13.8. The number of nitrogens with zero attached hydrogens (tertiary/aromatic N) is 2. The second-order valence-electron chi connectivity index (χ2n) is 11.6. The van der Waals surface area contributed by atoms with Crippen molar-refractivity contribution < 1.29 is 45.4 Å². The second kappa shape index (κ2) is 11.8.